The molecule has 3 rings (SSSR count). The van der Waals surface area contributed by atoms with Gasteiger partial charge < -0.3 is 15.1 Å². The Balaban J connectivity index is 1.73. The maximum Gasteiger partial charge on any atom is 0.280 e. The van der Waals surface area contributed by atoms with Crippen LogP contribution in [0.25, 0.3) is 10.4 Å². The van der Waals surface area contributed by atoms with Gasteiger partial charge in [0.2, 0.25) is 5.91 Å². The summed E-state index contributed by atoms with van der Waals surface area (Å²) in [6, 6.07) is -0.703. The van der Waals surface area contributed by atoms with Crippen molar-refractivity contribution in [2.75, 3.05) is 27.7 Å². The number of carbonyl (C=O) groups is 2. The van der Waals surface area contributed by atoms with E-state index in [-0.39, 0.29) is 29.8 Å². The summed E-state index contributed by atoms with van der Waals surface area (Å²) in [5.74, 6) is -0.381. The van der Waals surface area contributed by atoms with Gasteiger partial charge >= 0.3 is 0 Å². The highest BCUT2D eigenvalue weighted by atomic mass is 32.1. The Morgan fingerprint density at radius 2 is 2.19 bits per heavy atom. The quantitative estimate of drug-likeness (QED) is 0.479. The molecule has 0 aromatic carbocycles. The smallest absolute Gasteiger partial charge is 0.280 e. The van der Waals surface area contributed by atoms with Crippen molar-refractivity contribution in [3.05, 3.63) is 26.0 Å². The third kappa shape index (κ3) is 4.40. The van der Waals surface area contributed by atoms with E-state index < -0.39 is 0 Å². The average Bonchev–Trinajstić information content (AvgIpc) is 3.05. The average molecular weight is 392 g/mol. The van der Waals surface area contributed by atoms with E-state index in [1.807, 2.05) is 0 Å². The minimum absolute atomic E-state index is 0.0430. The molecule has 1 aliphatic heterocycles. The number of carbonyl (C=O) groups excluding carboxylic acids is 2. The minimum Gasteiger partial charge on any atom is -0.349 e. The monoisotopic (exact) mass is 391 g/mol. The van der Waals surface area contributed by atoms with Crippen LogP contribution in [0.4, 0.5) is 0 Å². The molecule has 10 heteroatoms. The fourth-order valence-corrected chi connectivity index (χ4v) is 4.85. The number of nitrogens with one attached hydrogen (secondary N) is 1. The number of aromatic nitrogens is 1. The molecule has 1 aromatic heterocycles. The summed E-state index contributed by atoms with van der Waals surface area (Å²) in [5, 5.41) is 7.26. The zero-order valence-electron chi connectivity index (χ0n) is 15.9. The van der Waals surface area contributed by atoms with Crippen molar-refractivity contribution < 1.29 is 9.59 Å². The van der Waals surface area contributed by atoms with Crippen LogP contribution < -0.4 is 5.32 Å². The predicted molar refractivity (Wildman–Crippen MR) is 102 cm³/mol. The molecule has 1 fully saturated rings. The SMILES string of the molecule is CN1CCc2nc(C(=O)N[C@@H]3C[C@@H](C(=O)N(C)C)CCC3N=[N+]=[N-])sc2C1. The molecule has 2 heterocycles. The van der Waals surface area contributed by atoms with Crippen molar-refractivity contribution in [2.24, 2.45) is 11.0 Å². The first-order valence-electron chi connectivity index (χ1n) is 9.12. The summed E-state index contributed by atoms with van der Waals surface area (Å²) in [6.45, 7) is 1.75. The Labute approximate surface area is 162 Å². The Bertz CT molecular complexity index is 771. The lowest BCUT2D eigenvalue weighted by Gasteiger charge is -2.34. The highest BCUT2D eigenvalue weighted by Crippen LogP contribution is 2.29. The normalized spacial score (nSPS) is 25.2. The predicted octanol–water partition coefficient (Wildman–Crippen LogP) is 1.80. The molecule has 2 amide bonds. The van der Waals surface area contributed by atoms with Crippen molar-refractivity contribution >= 4 is 23.2 Å². The van der Waals surface area contributed by atoms with Gasteiger partial charge in [0.1, 0.15) is 0 Å². The minimum atomic E-state index is -0.361. The molecular formula is C17H25N7O2S. The molecule has 3 atom stereocenters. The van der Waals surface area contributed by atoms with E-state index >= 15 is 0 Å². The van der Waals surface area contributed by atoms with Crippen LogP contribution in [-0.4, -0.2) is 66.4 Å². The van der Waals surface area contributed by atoms with Gasteiger partial charge in [0.25, 0.3) is 5.91 Å². The number of hydrogen-bond acceptors (Lipinski definition) is 6. The van der Waals surface area contributed by atoms with Crippen LogP contribution in [0.2, 0.25) is 0 Å². The number of azide groups is 1. The van der Waals surface area contributed by atoms with Crippen LogP contribution in [-0.2, 0) is 17.8 Å². The van der Waals surface area contributed by atoms with Crippen LogP contribution in [0.5, 0.6) is 0 Å². The molecular weight excluding hydrogens is 366 g/mol. The zero-order valence-corrected chi connectivity index (χ0v) is 16.7. The number of hydrogen-bond donors (Lipinski definition) is 1. The first kappa shape index (κ1) is 19.6. The lowest BCUT2D eigenvalue weighted by molar-refractivity contribution is -0.134. The van der Waals surface area contributed by atoms with Crippen LogP contribution in [0, 0.1) is 5.92 Å². The summed E-state index contributed by atoms with van der Waals surface area (Å²) in [5.41, 5.74) is 9.84. The molecule has 1 saturated carbocycles. The van der Waals surface area contributed by atoms with Crippen molar-refractivity contribution in [1.29, 1.82) is 0 Å². The number of thiazole rings is 1. The highest BCUT2D eigenvalue weighted by molar-refractivity contribution is 7.13. The standard InChI is InChI=1S/C17H25N7O2S/c1-23(2)17(26)10-4-5-11(21-22-18)13(8-10)19-15(25)16-20-12-6-7-24(3)9-14(12)27-16/h10-11,13H,4-9H2,1-3H3,(H,19,25)/t10-,11?,13+/m0/s1. The number of amides is 2. The zero-order chi connectivity index (χ0) is 19.6. The van der Waals surface area contributed by atoms with Gasteiger partial charge in [-0.15, -0.1) is 11.3 Å². The fourth-order valence-electron chi connectivity index (χ4n) is 3.75. The maximum absolute atomic E-state index is 12.8. The number of rotatable bonds is 4. The van der Waals surface area contributed by atoms with Crippen LogP contribution in [0.3, 0.4) is 0 Å². The Morgan fingerprint density at radius 3 is 2.89 bits per heavy atom. The number of nitrogens with zero attached hydrogens (tertiary/aromatic N) is 6. The molecule has 0 saturated heterocycles. The van der Waals surface area contributed by atoms with Gasteiger partial charge in [-0.25, -0.2) is 4.98 Å². The van der Waals surface area contributed by atoms with E-state index in [0.717, 1.165) is 30.1 Å². The third-order valence-electron chi connectivity index (χ3n) is 5.24. The molecule has 0 bridgehead atoms. The topological polar surface area (TPSA) is 114 Å². The van der Waals surface area contributed by atoms with Crippen molar-refractivity contribution in [3.63, 3.8) is 0 Å². The van der Waals surface area contributed by atoms with Gasteiger partial charge in [0, 0.05) is 55.4 Å². The molecule has 1 unspecified atom stereocenters. The molecule has 9 nitrogen and oxygen atoms in total. The van der Waals surface area contributed by atoms with Gasteiger partial charge in [-0.3, -0.25) is 9.59 Å². The largest absolute Gasteiger partial charge is 0.349 e. The van der Waals surface area contributed by atoms with Gasteiger partial charge in [-0.05, 0) is 31.8 Å². The highest BCUT2D eigenvalue weighted by Gasteiger charge is 2.35. The van der Waals surface area contributed by atoms with E-state index in [9.17, 15) is 9.59 Å². The first-order chi connectivity index (χ1) is 12.9. The van der Waals surface area contributed by atoms with E-state index in [2.05, 4.69) is 32.3 Å². The molecule has 0 spiro atoms. The van der Waals surface area contributed by atoms with E-state index in [0.29, 0.717) is 24.3 Å². The van der Waals surface area contributed by atoms with E-state index in [1.165, 1.54) is 11.3 Å². The summed E-state index contributed by atoms with van der Waals surface area (Å²) >= 11 is 1.42. The second-order valence-corrected chi connectivity index (χ2v) is 8.56. The molecule has 1 aliphatic carbocycles. The second-order valence-electron chi connectivity index (χ2n) is 7.47. The molecule has 1 aromatic rings. The summed E-state index contributed by atoms with van der Waals surface area (Å²) in [6.07, 6.45) is 2.56. The van der Waals surface area contributed by atoms with Gasteiger partial charge in [-0.2, -0.15) is 0 Å². The molecule has 0 radical (unpaired) electrons. The van der Waals surface area contributed by atoms with E-state index in [4.69, 9.17) is 5.53 Å². The summed E-state index contributed by atoms with van der Waals surface area (Å²) < 4.78 is 0. The fraction of sp³-hybridized carbons (Fsp3) is 0.706. The van der Waals surface area contributed by atoms with Gasteiger partial charge in [0.15, 0.2) is 5.01 Å². The number of fused-ring (bicyclic) bond motifs is 1. The van der Waals surface area contributed by atoms with Gasteiger partial charge in [-0.1, -0.05) is 5.11 Å². The maximum atomic E-state index is 12.8. The van der Waals surface area contributed by atoms with Crippen molar-refractivity contribution in [1.82, 2.24) is 20.1 Å². The summed E-state index contributed by atoms with van der Waals surface area (Å²) in [7, 11) is 5.51. The van der Waals surface area contributed by atoms with Crippen LogP contribution in [0.1, 0.15) is 39.6 Å². The number of likely N-dealkylation sites (N-methyl/N-ethyl adjacent to an activating group) is 1. The lowest BCUT2D eigenvalue weighted by Crippen LogP contribution is -2.48. The van der Waals surface area contributed by atoms with Crippen molar-refractivity contribution in [3.8, 4) is 0 Å². The van der Waals surface area contributed by atoms with Crippen molar-refractivity contribution in [2.45, 2.75) is 44.3 Å². The van der Waals surface area contributed by atoms with E-state index in [1.54, 1.807) is 19.0 Å². The first-order valence-corrected chi connectivity index (χ1v) is 9.94. The Kier molecular flexibility index (Phi) is 5.98. The lowest BCUT2D eigenvalue weighted by atomic mass is 9.82. The molecule has 27 heavy (non-hydrogen) atoms. The Hall–Kier alpha value is -2.16. The molecule has 2 aliphatic rings. The summed E-state index contributed by atoms with van der Waals surface area (Å²) in [4.78, 5) is 37.4. The third-order valence-corrected chi connectivity index (χ3v) is 6.32. The second kappa shape index (κ2) is 8.24. The molecule has 146 valence electrons. The molecule has 1 N–H and O–H groups in total. The van der Waals surface area contributed by atoms with Crippen LogP contribution >= 0.6 is 11.3 Å². The van der Waals surface area contributed by atoms with Crippen LogP contribution in [0.15, 0.2) is 5.11 Å². The van der Waals surface area contributed by atoms with Gasteiger partial charge in [0.05, 0.1) is 11.7 Å². The Morgan fingerprint density at radius 1 is 1.41 bits per heavy atom.